The number of carbonyl (C=O) groups excluding carboxylic acids is 3. The molecule has 0 saturated heterocycles. The Morgan fingerprint density at radius 3 is 2.63 bits per heavy atom. The lowest BCUT2D eigenvalue weighted by molar-refractivity contribution is -0.126. The minimum Gasteiger partial charge on any atom is -0.449 e. The minimum atomic E-state index is -0.921. The van der Waals surface area contributed by atoms with Gasteiger partial charge in [0.15, 0.2) is 6.10 Å². The van der Waals surface area contributed by atoms with Gasteiger partial charge in [0.25, 0.3) is 5.91 Å². The highest BCUT2D eigenvalue weighted by Gasteiger charge is 2.34. The van der Waals surface area contributed by atoms with Crippen molar-refractivity contribution in [1.82, 2.24) is 0 Å². The van der Waals surface area contributed by atoms with Crippen LogP contribution in [0.5, 0.6) is 0 Å². The van der Waals surface area contributed by atoms with E-state index in [1.54, 1.807) is 30.0 Å². The lowest BCUT2D eigenvalue weighted by Crippen LogP contribution is -2.43. The first-order valence-corrected chi connectivity index (χ1v) is 8.86. The van der Waals surface area contributed by atoms with Crippen LogP contribution in [0.2, 0.25) is 0 Å². The Morgan fingerprint density at radius 1 is 1.15 bits per heavy atom. The first kappa shape index (κ1) is 18.6. The number of fused-ring (bicyclic) bond motifs is 1. The Hall–Kier alpha value is -3.15. The summed E-state index contributed by atoms with van der Waals surface area (Å²) in [6, 6.07) is 14.2. The maximum Gasteiger partial charge on any atom is 0.338 e. The van der Waals surface area contributed by atoms with Crippen LogP contribution in [0.25, 0.3) is 0 Å². The molecule has 2 atom stereocenters. The van der Waals surface area contributed by atoms with Crippen molar-refractivity contribution < 1.29 is 19.1 Å². The number of hydrogen-bond donors (Lipinski definition) is 1. The fraction of sp³-hybridized carbons (Fsp3) is 0.286. The van der Waals surface area contributed by atoms with Gasteiger partial charge in [-0.1, -0.05) is 24.3 Å². The van der Waals surface area contributed by atoms with E-state index in [9.17, 15) is 14.4 Å². The van der Waals surface area contributed by atoms with Gasteiger partial charge < -0.3 is 15.0 Å². The van der Waals surface area contributed by atoms with E-state index in [4.69, 9.17) is 4.74 Å². The molecule has 27 heavy (non-hydrogen) atoms. The molecular weight excluding hydrogens is 344 g/mol. The summed E-state index contributed by atoms with van der Waals surface area (Å²) in [5.41, 5.74) is 2.75. The minimum absolute atomic E-state index is 0.0131. The van der Waals surface area contributed by atoms with Gasteiger partial charge in [-0.3, -0.25) is 9.59 Å². The van der Waals surface area contributed by atoms with Gasteiger partial charge in [0.2, 0.25) is 5.91 Å². The molecule has 2 amide bonds. The van der Waals surface area contributed by atoms with E-state index in [-0.39, 0.29) is 23.4 Å². The summed E-state index contributed by atoms with van der Waals surface area (Å²) in [4.78, 5) is 38.2. The fourth-order valence-corrected chi connectivity index (χ4v) is 3.30. The average molecular weight is 366 g/mol. The quantitative estimate of drug-likeness (QED) is 0.844. The Bertz CT molecular complexity index is 893. The third-order valence-corrected chi connectivity index (χ3v) is 4.49. The molecule has 3 rings (SSSR count). The van der Waals surface area contributed by atoms with Crippen molar-refractivity contribution in [3.63, 3.8) is 0 Å². The normalized spacial score (nSPS) is 16.4. The Morgan fingerprint density at radius 2 is 1.89 bits per heavy atom. The topological polar surface area (TPSA) is 75.7 Å². The van der Waals surface area contributed by atoms with Gasteiger partial charge in [0.05, 0.1) is 5.56 Å². The maximum absolute atomic E-state index is 12.9. The van der Waals surface area contributed by atoms with E-state index < -0.39 is 12.1 Å². The Labute approximate surface area is 158 Å². The fourth-order valence-electron chi connectivity index (χ4n) is 3.30. The van der Waals surface area contributed by atoms with E-state index in [0.29, 0.717) is 5.69 Å². The molecule has 0 unspecified atom stereocenters. The van der Waals surface area contributed by atoms with Gasteiger partial charge in [-0.05, 0) is 50.1 Å². The van der Waals surface area contributed by atoms with Crippen LogP contribution in [-0.2, 0) is 20.7 Å². The van der Waals surface area contributed by atoms with Gasteiger partial charge >= 0.3 is 5.97 Å². The number of nitrogens with one attached hydrogen (secondary N) is 1. The number of ether oxygens (including phenoxy) is 1. The second-order valence-corrected chi connectivity index (χ2v) is 6.70. The second-order valence-electron chi connectivity index (χ2n) is 6.70. The highest BCUT2D eigenvalue weighted by atomic mass is 16.5. The molecule has 1 aliphatic heterocycles. The molecule has 0 radical (unpaired) electrons. The molecule has 0 spiro atoms. The zero-order valence-corrected chi connectivity index (χ0v) is 15.6. The van der Waals surface area contributed by atoms with Crippen molar-refractivity contribution in [1.29, 1.82) is 0 Å². The van der Waals surface area contributed by atoms with Crippen molar-refractivity contribution in [2.45, 2.75) is 39.3 Å². The van der Waals surface area contributed by atoms with Crippen LogP contribution in [0.1, 0.15) is 36.7 Å². The number of nitrogens with zero attached hydrogens (tertiary/aromatic N) is 1. The zero-order chi connectivity index (χ0) is 19.6. The van der Waals surface area contributed by atoms with E-state index in [2.05, 4.69) is 5.32 Å². The summed E-state index contributed by atoms with van der Waals surface area (Å²) < 4.78 is 5.39. The molecule has 1 aliphatic rings. The summed E-state index contributed by atoms with van der Waals surface area (Å²) in [6.45, 7) is 4.94. The number of anilines is 2. The predicted octanol–water partition coefficient (Wildman–Crippen LogP) is 3.17. The molecule has 0 aliphatic carbocycles. The van der Waals surface area contributed by atoms with Crippen LogP contribution in [-0.4, -0.2) is 29.9 Å². The number of esters is 1. The molecule has 0 fully saturated rings. The van der Waals surface area contributed by atoms with E-state index >= 15 is 0 Å². The van der Waals surface area contributed by atoms with Crippen molar-refractivity contribution in [2.24, 2.45) is 0 Å². The number of benzene rings is 2. The Kier molecular flexibility index (Phi) is 5.26. The number of hydrogen-bond acceptors (Lipinski definition) is 4. The molecule has 140 valence electrons. The highest BCUT2D eigenvalue weighted by Crippen LogP contribution is 2.32. The third-order valence-electron chi connectivity index (χ3n) is 4.49. The first-order valence-electron chi connectivity index (χ1n) is 8.86. The summed E-state index contributed by atoms with van der Waals surface area (Å²) in [5.74, 6) is -1.09. The second kappa shape index (κ2) is 7.61. The molecule has 6 nitrogen and oxygen atoms in total. The first-order chi connectivity index (χ1) is 12.9. The van der Waals surface area contributed by atoms with Gasteiger partial charge in [-0.2, -0.15) is 0 Å². The molecule has 0 bridgehead atoms. The molecule has 0 aromatic heterocycles. The van der Waals surface area contributed by atoms with E-state index in [0.717, 1.165) is 17.7 Å². The van der Waals surface area contributed by atoms with Crippen molar-refractivity contribution in [3.8, 4) is 0 Å². The predicted molar refractivity (Wildman–Crippen MR) is 103 cm³/mol. The number of rotatable bonds is 4. The highest BCUT2D eigenvalue weighted by molar-refractivity contribution is 6.01. The smallest absolute Gasteiger partial charge is 0.338 e. The average Bonchev–Trinajstić information content (AvgIpc) is 2.96. The molecule has 0 saturated carbocycles. The summed E-state index contributed by atoms with van der Waals surface area (Å²) in [5, 5.41) is 2.62. The van der Waals surface area contributed by atoms with Crippen LogP contribution in [0.3, 0.4) is 0 Å². The largest absolute Gasteiger partial charge is 0.449 e. The summed E-state index contributed by atoms with van der Waals surface area (Å²) in [6.07, 6.45) is -0.142. The molecular formula is C21H22N2O4. The van der Waals surface area contributed by atoms with E-state index in [1.807, 2.05) is 31.2 Å². The SMILES string of the molecule is CC(=O)Nc1cccc(C(=O)O[C@H](C)C(=O)N2c3ccccc3C[C@@H]2C)c1. The number of amides is 2. The number of carbonyl (C=O) groups is 3. The van der Waals surface area contributed by atoms with Crippen molar-refractivity contribution in [2.75, 3.05) is 10.2 Å². The van der Waals surface area contributed by atoms with Crippen molar-refractivity contribution >= 4 is 29.2 Å². The number of para-hydroxylation sites is 1. The zero-order valence-electron chi connectivity index (χ0n) is 15.6. The lowest BCUT2D eigenvalue weighted by atomic mass is 10.1. The van der Waals surface area contributed by atoms with Gasteiger partial charge in [-0.25, -0.2) is 4.79 Å². The Balaban J connectivity index is 1.72. The van der Waals surface area contributed by atoms with Crippen LogP contribution < -0.4 is 10.2 Å². The van der Waals surface area contributed by atoms with Gasteiger partial charge in [0.1, 0.15) is 0 Å². The van der Waals surface area contributed by atoms with Crippen molar-refractivity contribution in [3.05, 3.63) is 59.7 Å². The van der Waals surface area contributed by atoms with Gasteiger partial charge in [-0.15, -0.1) is 0 Å². The van der Waals surface area contributed by atoms with Crippen LogP contribution >= 0.6 is 0 Å². The monoisotopic (exact) mass is 366 g/mol. The standard InChI is InChI=1S/C21H22N2O4/c1-13-11-16-7-4-5-10-19(16)23(13)20(25)14(2)27-21(26)17-8-6-9-18(12-17)22-15(3)24/h4-10,12-14H,11H2,1-3H3,(H,22,24)/t13-,14+/m0/s1. The summed E-state index contributed by atoms with van der Waals surface area (Å²) >= 11 is 0. The summed E-state index contributed by atoms with van der Waals surface area (Å²) in [7, 11) is 0. The third kappa shape index (κ3) is 4.00. The van der Waals surface area contributed by atoms with Crippen LogP contribution in [0.4, 0.5) is 11.4 Å². The lowest BCUT2D eigenvalue weighted by Gasteiger charge is -2.26. The molecule has 1 N–H and O–H groups in total. The molecule has 1 heterocycles. The molecule has 2 aromatic carbocycles. The van der Waals surface area contributed by atoms with Gasteiger partial charge in [0, 0.05) is 24.3 Å². The maximum atomic E-state index is 12.9. The van der Waals surface area contributed by atoms with Crippen LogP contribution in [0, 0.1) is 0 Å². The van der Waals surface area contributed by atoms with Crippen LogP contribution in [0.15, 0.2) is 48.5 Å². The van der Waals surface area contributed by atoms with E-state index in [1.165, 1.54) is 13.0 Å². The molecule has 2 aromatic rings. The molecule has 6 heteroatoms.